The Hall–Kier alpha value is -0.730. The lowest BCUT2D eigenvalue weighted by atomic mass is 9.89. The third-order valence-electron chi connectivity index (χ3n) is 3.57. The van der Waals surface area contributed by atoms with Crippen LogP contribution in [0.4, 0.5) is 0 Å². The van der Waals surface area contributed by atoms with E-state index in [9.17, 15) is 0 Å². The Morgan fingerprint density at radius 3 is 2.94 bits per heavy atom. The van der Waals surface area contributed by atoms with Crippen LogP contribution in [0.2, 0.25) is 5.02 Å². The highest BCUT2D eigenvalue weighted by molar-refractivity contribution is 6.32. The average Bonchev–Trinajstić information content (AvgIpc) is 2.78. The minimum Gasteiger partial charge on any atom is -0.495 e. The van der Waals surface area contributed by atoms with Crippen LogP contribution in [0.1, 0.15) is 30.7 Å². The molecule has 2 atom stereocenters. The SMILES string of the molecule is COc1cc(C2CCCC2CN)ccc1Cl. The molecule has 0 bridgehead atoms. The molecule has 2 nitrogen and oxygen atoms in total. The van der Waals surface area contributed by atoms with Crippen LogP contribution in [0.15, 0.2) is 18.2 Å². The molecule has 2 unspecified atom stereocenters. The van der Waals surface area contributed by atoms with Gasteiger partial charge in [-0.15, -0.1) is 0 Å². The van der Waals surface area contributed by atoms with Crippen molar-refractivity contribution in [3.8, 4) is 5.75 Å². The molecular weight excluding hydrogens is 222 g/mol. The first-order valence-electron chi connectivity index (χ1n) is 5.79. The minimum absolute atomic E-state index is 0.580. The molecule has 0 saturated heterocycles. The molecule has 1 aliphatic carbocycles. The molecule has 2 N–H and O–H groups in total. The largest absolute Gasteiger partial charge is 0.495 e. The first kappa shape index (κ1) is 11.7. The predicted octanol–water partition coefficient (Wildman–Crippen LogP) is 3.19. The van der Waals surface area contributed by atoms with Gasteiger partial charge in [-0.05, 0) is 48.9 Å². The summed E-state index contributed by atoms with van der Waals surface area (Å²) < 4.78 is 5.25. The molecule has 0 radical (unpaired) electrons. The molecule has 1 fully saturated rings. The molecule has 1 aliphatic rings. The van der Waals surface area contributed by atoms with Gasteiger partial charge in [-0.25, -0.2) is 0 Å². The summed E-state index contributed by atoms with van der Waals surface area (Å²) in [5.41, 5.74) is 7.12. The number of rotatable bonds is 3. The zero-order valence-electron chi connectivity index (χ0n) is 9.58. The van der Waals surface area contributed by atoms with E-state index in [0.717, 1.165) is 12.3 Å². The topological polar surface area (TPSA) is 35.2 Å². The number of methoxy groups -OCH3 is 1. The number of halogens is 1. The van der Waals surface area contributed by atoms with E-state index < -0.39 is 0 Å². The Kier molecular flexibility index (Phi) is 3.72. The average molecular weight is 240 g/mol. The predicted molar refractivity (Wildman–Crippen MR) is 67.1 cm³/mol. The summed E-state index contributed by atoms with van der Waals surface area (Å²) in [6.45, 7) is 0.773. The van der Waals surface area contributed by atoms with E-state index in [1.807, 2.05) is 6.07 Å². The van der Waals surface area contributed by atoms with Gasteiger partial charge in [0, 0.05) is 0 Å². The van der Waals surface area contributed by atoms with Gasteiger partial charge in [-0.1, -0.05) is 24.1 Å². The van der Waals surface area contributed by atoms with Gasteiger partial charge < -0.3 is 10.5 Å². The maximum Gasteiger partial charge on any atom is 0.137 e. The normalized spacial score (nSPS) is 24.7. The Morgan fingerprint density at radius 2 is 2.25 bits per heavy atom. The van der Waals surface area contributed by atoms with Crippen LogP contribution in [0.25, 0.3) is 0 Å². The second-order valence-corrected chi connectivity index (χ2v) is 4.83. The molecule has 0 aliphatic heterocycles. The number of hydrogen-bond donors (Lipinski definition) is 1. The van der Waals surface area contributed by atoms with Crippen LogP contribution in [0.3, 0.4) is 0 Å². The third kappa shape index (κ3) is 2.18. The van der Waals surface area contributed by atoms with Crippen LogP contribution >= 0.6 is 11.6 Å². The van der Waals surface area contributed by atoms with E-state index in [4.69, 9.17) is 22.1 Å². The van der Waals surface area contributed by atoms with Crippen molar-refractivity contribution < 1.29 is 4.74 Å². The molecule has 3 heteroatoms. The summed E-state index contributed by atoms with van der Waals surface area (Å²) in [5.74, 6) is 1.96. The van der Waals surface area contributed by atoms with E-state index in [1.54, 1.807) is 7.11 Å². The fourth-order valence-corrected chi connectivity index (χ4v) is 2.86. The zero-order valence-corrected chi connectivity index (χ0v) is 10.3. The number of ether oxygens (including phenoxy) is 1. The van der Waals surface area contributed by atoms with Gasteiger partial charge in [-0.3, -0.25) is 0 Å². The van der Waals surface area contributed by atoms with Gasteiger partial charge in [0.25, 0.3) is 0 Å². The lowest BCUT2D eigenvalue weighted by Crippen LogP contribution is -2.17. The minimum atomic E-state index is 0.580. The molecule has 0 heterocycles. The fraction of sp³-hybridized carbons (Fsp3) is 0.538. The Morgan fingerprint density at radius 1 is 1.44 bits per heavy atom. The summed E-state index contributed by atoms with van der Waals surface area (Å²) in [6, 6.07) is 6.08. The van der Waals surface area contributed by atoms with Crippen molar-refractivity contribution in [2.45, 2.75) is 25.2 Å². The summed E-state index contributed by atoms with van der Waals surface area (Å²) in [7, 11) is 1.65. The maximum atomic E-state index is 6.02. The van der Waals surface area contributed by atoms with Crippen molar-refractivity contribution in [1.82, 2.24) is 0 Å². The number of hydrogen-bond acceptors (Lipinski definition) is 2. The van der Waals surface area contributed by atoms with Crippen molar-refractivity contribution in [2.24, 2.45) is 11.7 Å². The lowest BCUT2D eigenvalue weighted by molar-refractivity contribution is 0.412. The van der Waals surface area contributed by atoms with E-state index in [2.05, 4.69) is 12.1 Å². The van der Waals surface area contributed by atoms with Crippen LogP contribution in [-0.4, -0.2) is 13.7 Å². The lowest BCUT2D eigenvalue weighted by Gasteiger charge is -2.19. The molecule has 2 rings (SSSR count). The molecular formula is C13H18ClNO. The van der Waals surface area contributed by atoms with Gasteiger partial charge in [0.1, 0.15) is 5.75 Å². The highest BCUT2D eigenvalue weighted by atomic mass is 35.5. The Balaban J connectivity index is 2.26. The quantitative estimate of drug-likeness (QED) is 0.879. The first-order valence-corrected chi connectivity index (χ1v) is 6.17. The van der Waals surface area contributed by atoms with Crippen molar-refractivity contribution in [3.05, 3.63) is 28.8 Å². The van der Waals surface area contributed by atoms with Crippen LogP contribution in [-0.2, 0) is 0 Å². The van der Waals surface area contributed by atoms with E-state index >= 15 is 0 Å². The molecule has 88 valence electrons. The van der Waals surface area contributed by atoms with Crippen molar-refractivity contribution in [2.75, 3.05) is 13.7 Å². The molecule has 0 spiro atoms. The van der Waals surface area contributed by atoms with Gasteiger partial charge >= 0.3 is 0 Å². The van der Waals surface area contributed by atoms with Crippen molar-refractivity contribution >= 4 is 11.6 Å². The zero-order chi connectivity index (χ0) is 11.5. The smallest absolute Gasteiger partial charge is 0.137 e. The fourth-order valence-electron chi connectivity index (χ4n) is 2.66. The van der Waals surface area contributed by atoms with Crippen molar-refractivity contribution in [3.63, 3.8) is 0 Å². The summed E-state index contributed by atoms with van der Waals surface area (Å²) in [5, 5.41) is 0.675. The van der Waals surface area contributed by atoms with Crippen LogP contribution < -0.4 is 10.5 Å². The second-order valence-electron chi connectivity index (χ2n) is 4.43. The van der Waals surface area contributed by atoms with Gasteiger partial charge in [0.15, 0.2) is 0 Å². The summed E-state index contributed by atoms with van der Waals surface area (Å²) >= 11 is 6.02. The van der Waals surface area contributed by atoms with Crippen molar-refractivity contribution in [1.29, 1.82) is 0 Å². The van der Waals surface area contributed by atoms with E-state index in [-0.39, 0.29) is 0 Å². The van der Waals surface area contributed by atoms with E-state index in [1.165, 1.54) is 24.8 Å². The highest BCUT2D eigenvalue weighted by Crippen LogP contribution is 2.40. The molecule has 1 saturated carbocycles. The van der Waals surface area contributed by atoms with E-state index in [0.29, 0.717) is 16.9 Å². The second kappa shape index (κ2) is 5.07. The summed E-state index contributed by atoms with van der Waals surface area (Å²) in [6.07, 6.45) is 3.75. The summed E-state index contributed by atoms with van der Waals surface area (Å²) in [4.78, 5) is 0. The number of nitrogens with two attached hydrogens (primary N) is 1. The Bertz CT molecular complexity index is 367. The van der Waals surface area contributed by atoms with Crippen LogP contribution in [0.5, 0.6) is 5.75 Å². The molecule has 1 aromatic carbocycles. The Labute approximate surface area is 102 Å². The molecule has 1 aromatic rings. The molecule has 16 heavy (non-hydrogen) atoms. The van der Waals surface area contributed by atoms with Gasteiger partial charge in [0.2, 0.25) is 0 Å². The first-order chi connectivity index (χ1) is 7.76. The maximum absolute atomic E-state index is 6.02. The molecule has 0 aromatic heterocycles. The monoisotopic (exact) mass is 239 g/mol. The molecule has 0 amide bonds. The number of benzene rings is 1. The van der Waals surface area contributed by atoms with Crippen LogP contribution in [0, 0.1) is 5.92 Å². The van der Waals surface area contributed by atoms with Gasteiger partial charge in [0.05, 0.1) is 12.1 Å². The standard InChI is InChI=1S/C13H18ClNO/c1-16-13-7-9(5-6-12(13)14)11-4-2-3-10(11)8-15/h5-7,10-11H,2-4,8,15H2,1H3. The van der Waals surface area contributed by atoms with Gasteiger partial charge in [-0.2, -0.15) is 0 Å². The highest BCUT2D eigenvalue weighted by Gasteiger charge is 2.27. The third-order valence-corrected chi connectivity index (χ3v) is 3.88.